The van der Waals surface area contributed by atoms with E-state index in [-0.39, 0.29) is 11.3 Å². The summed E-state index contributed by atoms with van der Waals surface area (Å²) in [5, 5.41) is 0. The van der Waals surface area contributed by atoms with E-state index in [0.717, 1.165) is 17.7 Å². The van der Waals surface area contributed by atoms with Crippen LogP contribution >= 0.6 is 11.6 Å². The van der Waals surface area contributed by atoms with Gasteiger partial charge in [-0.2, -0.15) is 0 Å². The highest BCUT2D eigenvalue weighted by Gasteiger charge is 2.12. The van der Waals surface area contributed by atoms with Crippen LogP contribution < -0.4 is 4.74 Å². The minimum Gasteiger partial charge on any atom is -0.420 e. The molecule has 0 bridgehead atoms. The molecule has 2 nitrogen and oxygen atoms in total. The van der Waals surface area contributed by atoms with Crippen LogP contribution in [-0.2, 0) is 5.88 Å². The monoisotopic (exact) mass is 282 g/mol. The first kappa shape index (κ1) is 13.5. The van der Waals surface area contributed by atoms with Gasteiger partial charge >= 0.3 is 5.97 Å². The number of alkyl halides is 1. The maximum Gasteiger partial charge on any atom is 0.343 e. The fourth-order valence-electron chi connectivity index (χ4n) is 1.45. The molecule has 0 aliphatic heterocycles. The van der Waals surface area contributed by atoms with E-state index in [4.69, 9.17) is 16.3 Å². The van der Waals surface area contributed by atoms with Crippen molar-refractivity contribution in [2.45, 2.75) is 5.88 Å². The van der Waals surface area contributed by atoms with Crippen molar-refractivity contribution in [1.29, 1.82) is 0 Å². The first-order valence-electron chi connectivity index (χ1n) is 5.42. The van der Waals surface area contributed by atoms with Crippen LogP contribution in [0.4, 0.5) is 8.78 Å². The molecule has 2 rings (SSSR count). The second-order valence-electron chi connectivity index (χ2n) is 3.79. The number of esters is 1. The maximum absolute atomic E-state index is 13.3. The average molecular weight is 283 g/mol. The van der Waals surface area contributed by atoms with Crippen molar-refractivity contribution in [3.8, 4) is 5.75 Å². The Labute approximate surface area is 113 Å². The summed E-state index contributed by atoms with van der Waals surface area (Å²) in [5.41, 5.74) is 1.11. The Hall–Kier alpha value is -1.94. The number of benzene rings is 2. The van der Waals surface area contributed by atoms with Gasteiger partial charge in [-0.25, -0.2) is 13.6 Å². The molecule has 0 heterocycles. The predicted octanol–water partition coefficient (Wildman–Crippen LogP) is 3.92. The topological polar surface area (TPSA) is 26.3 Å². The molecule has 2 aromatic carbocycles. The minimum absolute atomic E-state index is 0.262. The molecular weight excluding hydrogens is 274 g/mol. The zero-order valence-corrected chi connectivity index (χ0v) is 10.5. The summed E-state index contributed by atoms with van der Waals surface area (Å²) in [5.74, 6) is -2.35. The van der Waals surface area contributed by atoms with E-state index in [2.05, 4.69) is 0 Å². The largest absolute Gasteiger partial charge is 0.420 e. The Kier molecular flexibility index (Phi) is 4.12. The average Bonchev–Trinajstić information content (AvgIpc) is 2.42. The molecule has 0 fully saturated rings. The standard InChI is InChI=1S/C14H9ClF2O2/c15-8-9-1-3-10(4-2-9)14(18)19-13-6-5-11(16)7-12(13)17/h1-7H,8H2. The molecule has 19 heavy (non-hydrogen) atoms. The van der Waals surface area contributed by atoms with E-state index in [9.17, 15) is 13.6 Å². The minimum atomic E-state index is -0.925. The molecule has 5 heteroatoms. The Balaban J connectivity index is 2.15. The first-order chi connectivity index (χ1) is 9.10. The summed E-state index contributed by atoms with van der Waals surface area (Å²) >= 11 is 5.62. The number of hydrogen-bond acceptors (Lipinski definition) is 2. The van der Waals surface area contributed by atoms with Crippen molar-refractivity contribution in [2.75, 3.05) is 0 Å². The Morgan fingerprint density at radius 3 is 2.37 bits per heavy atom. The molecule has 0 unspecified atom stereocenters. The van der Waals surface area contributed by atoms with Crippen LogP contribution in [0.2, 0.25) is 0 Å². The van der Waals surface area contributed by atoms with Crippen molar-refractivity contribution < 1.29 is 18.3 Å². The van der Waals surface area contributed by atoms with Gasteiger partial charge in [0, 0.05) is 11.9 Å². The van der Waals surface area contributed by atoms with Gasteiger partial charge in [-0.05, 0) is 29.8 Å². The maximum atomic E-state index is 13.3. The third kappa shape index (κ3) is 3.29. The zero-order chi connectivity index (χ0) is 13.8. The molecule has 0 spiro atoms. The molecule has 0 amide bonds. The van der Waals surface area contributed by atoms with Crippen LogP contribution in [0, 0.1) is 11.6 Å². The molecule has 0 radical (unpaired) electrons. The lowest BCUT2D eigenvalue weighted by Gasteiger charge is -2.05. The van der Waals surface area contributed by atoms with Gasteiger partial charge in [0.05, 0.1) is 5.56 Å². The molecule has 0 N–H and O–H groups in total. The van der Waals surface area contributed by atoms with Gasteiger partial charge in [-0.15, -0.1) is 11.6 Å². The summed E-state index contributed by atoms with van der Waals surface area (Å²) in [4.78, 5) is 11.7. The summed E-state index contributed by atoms with van der Waals surface area (Å²) in [6, 6.07) is 9.13. The van der Waals surface area contributed by atoms with E-state index in [1.165, 1.54) is 12.1 Å². The van der Waals surface area contributed by atoms with Crippen LogP contribution in [0.1, 0.15) is 15.9 Å². The van der Waals surface area contributed by atoms with Crippen LogP contribution in [0.5, 0.6) is 5.75 Å². The Bertz CT molecular complexity index is 597. The lowest BCUT2D eigenvalue weighted by Crippen LogP contribution is -2.09. The molecule has 0 aliphatic rings. The van der Waals surface area contributed by atoms with Gasteiger partial charge in [-0.3, -0.25) is 0 Å². The predicted molar refractivity (Wildman–Crippen MR) is 67.3 cm³/mol. The van der Waals surface area contributed by atoms with Crippen LogP contribution in [0.3, 0.4) is 0 Å². The quantitative estimate of drug-likeness (QED) is 0.484. The highest BCUT2D eigenvalue weighted by Crippen LogP contribution is 2.19. The highest BCUT2D eigenvalue weighted by molar-refractivity contribution is 6.17. The Morgan fingerprint density at radius 2 is 1.79 bits per heavy atom. The molecule has 0 saturated heterocycles. The highest BCUT2D eigenvalue weighted by atomic mass is 35.5. The smallest absolute Gasteiger partial charge is 0.343 e. The summed E-state index contributed by atoms with van der Waals surface area (Å²) in [6.07, 6.45) is 0. The lowest BCUT2D eigenvalue weighted by molar-refractivity contribution is 0.0727. The first-order valence-corrected chi connectivity index (χ1v) is 5.96. The van der Waals surface area contributed by atoms with Crippen LogP contribution in [-0.4, -0.2) is 5.97 Å². The third-order valence-electron chi connectivity index (χ3n) is 2.44. The van der Waals surface area contributed by atoms with Gasteiger partial charge in [-0.1, -0.05) is 12.1 Å². The van der Waals surface area contributed by atoms with E-state index in [1.807, 2.05) is 0 Å². The Morgan fingerprint density at radius 1 is 1.11 bits per heavy atom. The molecule has 0 saturated carbocycles. The zero-order valence-electron chi connectivity index (χ0n) is 9.70. The molecular formula is C14H9ClF2O2. The van der Waals surface area contributed by atoms with Crippen molar-refractivity contribution in [3.05, 3.63) is 65.2 Å². The third-order valence-corrected chi connectivity index (χ3v) is 2.75. The second kappa shape index (κ2) is 5.80. The molecule has 0 atom stereocenters. The fourth-order valence-corrected chi connectivity index (χ4v) is 1.62. The van der Waals surface area contributed by atoms with Crippen molar-refractivity contribution in [1.82, 2.24) is 0 Å². The number of carbonyl (C=O) groups is 1. The normalized spacial score (nSPS) is 10.3. The summed E-state index contributed by atoms with van der Waals surface area (Å²) in [7, 11) is 0. The van der Waals surface area contributed by atoms with E-state index in [0.29, 0.717) is 11.9 Å². The van der Waals surface area contributed by atoms with E-state index >= 15 is 0 Å². The number of carbonyl (C=O) groups excluding carboxylic acids is 1. The van der Waals surface area contributed by atoms with E-state index < -0.39 is 17.6 Å². The number of halogens is 3. The van der Waals surface area contributed by atoms with E-state index in [1.54, 1.807) is 12.1 Å². The van der Waals surface area contributed by atoms with Crippen molar-refractivity contribution in [2.24, 2.45) is 0 Å². The SMILES string of the molecule is O=C(Oc1ccc(F)cc1F)c1ccc(CCl)cc1. The number of hydrogen-bond donors (Lipinski definition) is 0. The van der Waals surface area contributed by atoms with Crippen molar-refractivity contribution in [3.63, 3.8) is 0 Å². The fraction of sp³-hybridized carbons (Fsp3) is 0.0714. The van der Waals surface area contributed by atoms with Crippen LogP contribution in [0.25, 0.3) is 0 Å². The van der Waals surface area contributed by atoms with Gasteiger partial charge in [0.1, 0.15) is 5.82 Å². The van der Waals surface area contributed by atoms with Crippen molar-refractivity contribution >= 4 is 17.6 Å². The molecule has 0 aromatic heterocycles. The molecule has 98 valence electrons. The van der Waals surface area contributed by atoms with Gasteiger partial charge < -0.3 is 4.74 Å². The lowest BCUT2D eigenvalue weighted by atomic mass is 10.1. The van der Waals surface area contributed by atoms with Gasteiger partial charge in [0.25, 0.3) is 0 Å². The number of ether oxygens (including phenoxy) is 1. The molecule has 0 aliphatic carbocycles. The van der Waals surface area contributed by atoms with Gasteiger partial charge in [0.15, 0.2) is 11.6 Å². The second-order valence-corrected chi connectivity index (χ2v) is 4.06. The molecule has 2 aromatic rings. The number of rotatable bonds is 3. The van der Waals surface area contributed by atoms with Gasteiger partial charge in [0.2, 0.25) is 0 Å². The summed E-state index contributed by atoms with van der Waals surface area (Å²) in [6.45, 7) is 0. The van der Waals surface area contributed by atoms with Crippen LogP contribution in [0.15, 0.2) is 42.5 Å². The summed E-state index contributed by atoms with van der Waals surface area (Å²) < 4.78 is 30.9.